The van der Waals surface area contributed by atoms with E-state index >= 15 is 0 Å². The van der Waals surface area contributed by atoms with Gasteiger partial charge >= 0.3 is 0 Å². The first-order valence-electron chi connectivity index (χ1n) is 5.53. The second-order valence-corrected chi connectivity index (χ2v) is 3.70. The average Bonchev–Trinajstić information content (AvgIpc) is 2.41. The molecule has 0 fully saturated rings. The highest BCUT2D eigenvalue weighted by atomic mass is 16.5. The minimum atomic E-state index is -1.03. The second kappa shape index (κ2) is 7.69. The van der Waals surface area contributed by atoms with Crippen molar-refractivity contribution in [2.75, 3.05) is 32.2 Å². The summed E-state index contributed by atoms with van der Waals surface area (Å²) in [6, 6.07) is 1.31. The van der Waals surface area contributed by atoms with Crippen molar-refractivity contribution in [2.24, 2.45) is 0 Å². The van der Waals surface area contributed by atoms with Crippen molar-refractivity contribution >= 4 is 5.95 Å². The zero-order valence-corrected chi connectivity index (χ0v) is 10.1. The van der Waals surface area contributed by atoms with Gasteiger partial charge in [-0.15, -0.1) is 0 Å². The molecule has 19 heavy (non-hydrogen) atoms. The molecule has 0 bridgehead atoms. The molecule has 1 aromatic heterocycles. The van der Waals surface area contributed by atoms with Crippen molar-refractivity contribution in [1.82, 2.24) is 9.97 Å². The van der Waals surface area contributed by atoms with Crippen molar-refractivity contribution in [3.8, 4) is 11.8 Å². The number of rotatable bonds is 8. The lowest BCUT2D eigenvalue weighted by atomic mass is 10.4. The summed E-state index contributed by atoms with van der Waals surface area (Å²) in [6.45, 7) is -1.20. The van der Waals surface area contributed by atoms with Gasteiger partial charge < -0.3 is 35.6 Å². The number of aliphatic hydroxyl groups is 4. The number of ether oxygens (including phenoxy) is 2. The smallest absolute Gasteiger partial charge is 0.226 e. The lowest BCUT2D eigenvalue weighted by molar-refractivity contribution is 0.0492. The van der Waals surface area contributed by atoms with Crippen molar-refractivity contribution < 1.29 is 29.9 Å². The highest BCUT2D eigenvalue weighted by molar-refractivity contribution is 5.29. The van der Waals surface area contributed by atoms with Gasteiger partial charge in [-0.25, -0.2) is 0 Å². The Kier molecular flexibility index (Phi) is 6.22. The van der Waals surface area contributed by atoms with Crippen LogP contribution in [-0.2, 0) is 0 Å². The van der Waals surface area contributed by atoms with E-state index in [-0.39, 0.29) is 30.9 Å². The van der Waals surface area contributed by atoms with E-state index < -0.39 is 25.4 Å². The van der Waals surface area contributed by atoms with Gasteiger partial charge in [0.1, 0.15) is 25.4 Å². The molecular formula is C10H17N3O6. The number of nitrogens with two attached hydrogens (primary N) is 1. The van der Waals surface area contributed by atoms with Crippen LogP contribution >= 0.6 is 0 Å². The standard InChI is InChI=1S/C10H17N3O6/c11-10-12-8(18-4-6(16)2-14)1-9(13-10)19-5-7(17)3-15/h1,6-7,14-17H,2-5H2,(H2,11,12,13)/t6-,7-/m0/s1. The summed E-state index contributed by atoms with van der Waals surface area (Å²) in [4.78, 5) is 7.49. The Bertz CT molecular complexity index is 359. The largest absolute Gasteiger partial charge is 0.475 e. The summed E-state index contributed by atoms with van der Waals surface area (Å²) in [7, 11) is 0. The van der Waals surface area contributed by atoms with Crippen molar-refractivity contribution in [1.29, 1.82) is 0 Å². The van der Waals surface area contributed by atoms with Crippen LogP contribution in [0.1, 0.15) is 0 Å². The normalized spacial score (nSPS) is 13.9. The number of aromatic nitrogens is 2. The number of nitrogens with zero attached hydrogens (tertiary/aromatic N) is 2. The molecular weight excluding hydrogens is 258 g/mol. The highest BCUT2D eigenvalue weighted by Gasteiger charge is 2.09. The Morgan fingerprint density at radius 3 is 1.79 bits per heavy atom. The van der Waals surface area contributed by atoms with Gasteiger partial charge in [0.25, 0.3) is 0 Å². The summed E-state index contributed by atoms with van der Waals surface area (Å²) in [5.74, 6) is 0.0199. The quantitative estimate of drug-likeness (QED) is 0.347. The molecule has 1 rings (SSSR count). The number of hydrogen-bond donors (Lipinski definition) is 5. The maximum atomic E-state index is 9.12. The predicted molar refractivity (Wildman–Crippen MR) is 63.6 cm³/mol. The van der Waals surface area contributed by atoms with Gasteiger partial charge in [0.15, 0.2) is 0 Å². The zero-order valence-electron chi connectivity index (χ0n) is 10.1. The topological polar surface area (TPSA) is 151 Å². The first-order chi connectivity index (χ1) is 9.05. The number of anilines is 1. The molecule has 108 valence electrons. The van der Waals surface area contributed by atoms with E-state index in [0.717, 1.165) is 0 Å². The summed E-state index contributed by atoms with van der Waals surface area (Å²) < 4.78 is 10.2. The van der Waals surface area contributed by atoms with Gasteiger partial charge in [-0.3, -0.25) is 0 Å². The molecule has 0 aliphatic rings. The zero-order chi connectivity index (χ0) is 14.3. The van der Waals surface area contributed by atoms with Crippen LogP contribution in [-0.4, -0.2) is 69.0 Å². The Morgan fingerprint density at radius 2 is 1.42 bits per heavy atom. The summed E-state index contributed by atoms with van der Waals surface area (Å²) >= 11 is 0. The molecule has 0 amide bonds. The molecule has 6 N–H and O–H groups in total. The van der Waals surface area contributed by atoms with E-state index in [0.29, 0.717) is 0 Å². The molecule has 2 atom stereocenters. The van der Waals surface area contributed by atoms with Gasteiger partial charge in [-0.05, 0) is 0 Å². The SMILES string of the molecule is Nc1nc(OC[C@@H](O)CO)cc(OC[C@@H](O)CO)n1. The third kappa shape index (κ3) is 5.66. The fourth-order valence-corrected chi connectivity index (χ4v) is 1.04. The van der Waals surface area contributed by atoms with Gasteiger partial charge in [0, 0.05) is 0 Å². The van der Waals surface area contributed by atoms with E-state index in [1.54, 1.807) is 0 Å². The third-order valence-corrected chi connectivity index (χ3v) is 1.97. The van der Waals surface area contributed by atoms with Crippen LogP contribution in [0.15, 0.2) is 6.07 Å². The summed E-state index contributed by atoms with van der Waals surface area (Å²) in [6.07, 6.45) is -2.06. The van der Waals surface area contributed by atoms with E-state index in [2.05, 4.69) is 9.97 Å². The molecule has 0 saturated carbocycles. The van der Waals surface area contributed by atoms with Crippen LogP contribution in [0.4, 0.5) is 5.95 Å². The molecule has 0 aliphatic heterocycles. The molecule has 0 aromatic carbocycles. The molecule has 9 nitrogen and oxygen atoms in total. The van der Waals surface area contributed by atoms with E-state index in [9.17, 15) is 0 Å². The predicted octanol–water partition coefficient (Wildman–Crippen LogP) is -2.48. The van der Waals surface area contributed by atoms with E-state index in [1.165, 1.54) is 6.07 Å². The molecule has 0 saturated heterocycles. The van der Waals surface area contributed by atoms with Crippen molar-refractivity contribution in [2.45, 2.75) is 12.2 Å². The monoisotopic (exact) mass is 275 g/mol. The Balaban J connectivity index is 2.60. The molecule has 9 heteroatoms. The minimum absolute atomic E-state index is 0.0634. The number of aliphatic hydroxyl groups excluding tert-OH is 4. The first kappa shape index (κ1) is 15.4. The fourth-order valence-electron chi connectivity index (χ4n) is 1.04. The maximum Gasteiger partial charge on any atom is 0.226 e. The molecule has 0 aliphatic carbocycles. The highest BCUT2D eigenvalue weighted by Crippen LogP contribution is 2.17. The Morgan fingerprint density at radius 1 is 1.00 bits per heavy atom. The molecule has 1 aromatic rings. The average molecular weight is 275 g/mol. The van der Waals surface area contributed by atoms with Gasteiger partial charge in [-0.2, -0.15) is 9.97 Å². The number of hydrogen-bond acceptors (Lipinski definition) is 9. The summed E-state index contributed by atoms with van der Waals surface area (Å²) in [5, 5.41) is 35.5. The van der Waals surface area contributed by atoms with Gasteiger partial charge in [-0.1, -0.05) is 0 Å². The Labute approximate surface area is 109 Å². The second-order valence-electron chi connectivity index (χ2n) is 3.70. The molecule has 0 spiro atoms. The van der Waals surface area contributed by atoms with Crippen molar-refractivity contribution in [3.63, 3.8) is 0 Å². The van der Waals surface area contributed by atoms with Crippen LogP contribution in [0, 0.1) is 0 Å². The van der Waals surface area contributed by atoms with Crippen LogP contribution in [0.2, 0.25) is 0 Å². The third-order valence-electron chi connectivity index (χ3n) is 1.97. The Hall–Kier alpha value is -1.68. The van der Waals surface area contributed by atoms with Crippen LogP contribution in [0.5, 0.6) is 11.8 Å². The van der Waals surface area contributed by atoms with E-state index in [4.69, 9.17) is 35.6 Å². The minimum Gasteiger partial charge on any atom is -0.475 e. The lowest BCUT2D eigenvalue weighted by Crippen LogP contribution is -2.23. The molecule has 0 unspecified atom stereocenters. The lowest BCUT2D eigenvalue weighted by Gasteiger charge is -2.12. The maximum absolute atomic E-state index is 9.12. The van der Waals surface area contributed by atoms with Gasteiger partial charge in [0.05, 0.1) is 19.3 Å². The molecule has 1 heterocycles. The van der Waals surface area contributed by atoms with Crippen LogP contribution in [0.25, 0.3) is 0 Å². The van der Waals surface area contributed by atoms with Crippen LogP contribution < -0.4 is 15.2 Å². The van der Waals surface area contributed by atoms with Crippen molar-refractivity contribution in [3.05, 3.63) is 6.07 Å². The number of nitrogen functional groups attached to an aromatic ring is 1. The first-order valence-corrected chi connectivity index (χ1v) is 5.53. The van der Waals surface area contributed by atoms with Gasteiger partial charge in [0.2, 0.25) is 17.7 Å². The summed E-state index contributed by atoms with van der Waals surface area (Å²) in [5.41, 5.74) is 5.43. The van der Waals surface area contributed by atoms with E-state index in [1.807, 2.05) is 0 Å². The van der Waals surface area contributed by atoms with Crippen LogP contribution in [0.3, 0.4) is 0 Å². The molecule has 0 radical (unpaired) electrons. The fraction of sp³-hybridized carbons (Fsp3) is 0.600.